The summed E-state index contributed by atoms with van der Waals surface area (Å²) in [5.41, 5.74) is 2.99. The second kappa shape index (κ2) is 10.6. The van der Waals surface area contributed by atoms with Crippen molar-refractivity contribution in [1.82, 2.24) is 14.8 Å². The molecule has 1 saturated carbocycles. The number of hydrogen-bond donors (Lipinski definition) is 1. The molecule has 6 nitrogen and oxygen atoms in total. The molecule has 190 valence electrons. The van der Waals surface area contributed by atoms with Crippen LogP contribution in [0.15, 0.2) is 72.3 Å². The van der Waals surface area contributed by atoms with Crippen molar-refractivity contribution in [2.45, 2.75) is 50.0 Å². The van der Waals surface area contributed by atoms with Crippen LogP contribution in [0.3, 0.4) is 0 Å². The van der Waals surface area contributed by atoms with Crippen molar-refractivity contribution in [3.05, 3.63) is 72.9 Å². The van der Waals surface area contributed by atoms with Gasteiger partial charge in [0.2, 0.25) is 0 Å². The van der Waals surface area contributed by atoms with Crippen molar-refractivity contribution in [3.63, 3.8) is 0 Å². The van der Waals surface area contributed by atoms with Crippen molar-refractivity contribution in [1.29, 1.82) is 0 Å². The van der Waals surface area contributed by atoms with E-state index < -0.39 is 10.0 Å². The van der Waals surface area contributed by atoms with Crippen molar-refractivity contribution in [3.8, 4) is 0 Å². The van der Waals surface area contributed by atoms with Gasteiger partial charge in [-0.25, -0.2) is 8.42 Å². The smallest absolute Gasteiger partial charge is 0.264 e. The molecule has 1 aromatic heterocycles. The van der Waals surface area contributed by atoms with Crippen molar-refractivity contribution in [2.24, 2.45) is 5.92 Å². The van der Waals surface area contributed by atoms with E-state index in [1.165, 1.54) is 38.6 Å². The highest BCUT2D eigenvalue weighted by Crippen LogP contribution is 2.29. The van der Waals surface area contributed by atoms with Crippen LogP contribution in [0.4, 0.5) is 5.69 Å². The van der Waals surface area contributed by atoms with Gasteiger partial charge in [-0.2, -0.15) is 0 Å². The number of benzene rings is 2. The second-order valence-corrected chi connectivity index (χ2v) is 11.9. The maximum atomic E-state index is 13.1. The van der Waals surface area contributed by atoms with E-state index >= 15 is 0 Å². The van der Waals surface area contributed by atoms with Crippen molar-refractivity contribution >= 4 is 32.3 Å². The number of rotatable bonds is 7. The summed E-state index contributed by atoms with van der Waals surface area (Å²) >= 11 is 0. The number of nitrogens with one attached hydrogen (secondary N) is 1. The highest BCUT2D eigenvalue weighted by atomic mass is 32.2. The minimum atomic E-state index is -3.77. The molecule has 2 fully saturated rings. The highest BCUT2D eigenvalue weighted by Gasteiger charge is 2.27. The second-order valence-electron chi connectivity index (χ2n) is 10.3. The highest BCUT2D eigenvalue weighted by molar-refractivity contribution is 7.93. The van der Waals surface area contributed by atoms with Crippen molar-refractivity contribution < 1.29 is 8.42 Å². The van der Waals surface area contributed by atoms with Crippen LogP contribution < -0.4 is 4.72 Å². The Hall–Kier alpha value is -2.90. The van der Waals surface area contributed by atoms with Gasteiger partial charge in [0.25, 0.3) is 10.0 Å². The lowest BCUT2D eigenvalue weighted by Crippen LogP contribution is -2.51. The molecule has 2 heterocycles. The minimum Gasteiger partial charge on any atom is -0.366 e. The first-order valence-corrected chi connectivity index (χ1v) is 14.5. The molecule has 1 aliphatic carbocycles. The Labute approximate surface area is 215 Å². The molecule has 7 heteroatoms. The third kappa shape index (κ3) is 5.42. The number of aromatic nitrogens is 1. The summed E-state index contributed by atoms with van der Waals surface area (Å²) in [7, 11) is -3.77. The average Bonchev–Trinajstić information content (AvgIpc) is 2.89. The molecule has 36 heavy (non-hydrogen) atoms. The summed E-state index contributed by atoms with van der Waals surface area (Å²) in [6.07, 6.45) is 8.56. The van der Waals surface area contributed by atoms with Crippen LogP contribution in [-0.4, -0.2) is 55.4 Å². The van der Waals surface area contributed by atoms with E-state index in [4.69, 9.17) is 0 Å². The van der Waals surface area contributed by atoms with Crippen molar-refractivity contribution in [2.75, 3.05) is 30.9 Å². The van der Waals surface area contributed by atoms with Gasteiger partial charge in [-0.05, 0) is 55.5 Å². The maximum Gasteiger partial charge on any atom is 0.264 e. The molecule has 1 atom stereocenters. The van der Waals surface area contributed by atoms with E-state index in [0.29, 0.717) is 17.2 Å². The predicted octanol–water partition coefficient (Wildman–Crippen LogP) is 5.59. The van der Waals surface area contributed by atoms with E-state index in [0.717, 1.165) is 42.2 Å². The number of piperazine rings is 1. The third-order valence-corrected chi connectivity index (χ3v) is 9.07. The fraction of sp³-hybridized carbons (Fsp3) is 0.414. The third-order valence-electron chi connectivity index (χ3n) is 7.66. The van der Waals surface area contributed by atoms with E-state index in [-0.39, 0.29) is 4.90 Å². The number of pyridine rings is 1. The minimum absolute atomic E-state index is 0.175. The zero-order chi connectivity index (χ0) is 25.1. The molecule has 3 aromatic rings. The fourth-order valence-electron chi connectivity index (χ4n) is 5.73. The van der Waals surface area contributed by atoms with E-state index in [2.05, 4.69) is 33.0 Å². The van der Waals surface area contributed by atoms with E-state index in [1.54, 1.807) is 36.5 Å². The Morgan fingerprint density at radius 1 is 1.03 bits per heavy atom. The van der Waals surface area contributed by atoms with E-state index in [9.17, 15) is 8.42 Å². The quantitative estimate of drug-likeness (QED) is 0.454. The number of nitrogens with zero attached hydrogens (tertiary/aromatic N) is 3. The number of anilines is 1. The number of para-hydroxylation sites is 1. The van der Waals surface area contributed by atoms with Gasteiger partial charge in [-0.3, -0.25) is 14.6 Å². The van der Waals surface area contributed by atoms with Gasteiger partial charge in [-0.1, -0.05) is 56.2 Å². The lowest BCUT2D eigenvalue weighted by Gasteiger charge is -2.43. The Morgan fingerprint density at radius 2 is 1.78 bits per heavy atom. The molecule has 1 saturated heterocycles. The zero-order valence-electron chi connectivity index (χ0n) is 21.1. The largest absolute Gasteiger partial charge is 0.366 e. The number of fused-ring (bicyclic) bond motifs is 1. The predicted molar refractivity (Wildman–Crippen MR) is 147 cm³/mol. The van der Waals surface area contributed by atoms with Crippen LogP contribution >= 0.6 is 0 Å². The van der Waals surface area contributed by atoms with Gasteiger partial charge >= 0.3 is 0 Å². The SMILES string of the molecule is C=C(c1ccc(NS(=O)(=O)c2cccc3cccnc23)cc1)N1CCN(CC2CCCCC2)CC1C. The van der Waals surface area contributed by atoms with Gasteiger partial charge in [0.1, 0.15) is 4.90 Å². The summed E-state index contributed by atoms with van der Waals surface area (Å²) in [4.78, 5) is 9.47. The molecule has 0 radical (unpaired) electrons. The van der Waals surface area contributed by atoms with E-state index in [1.807, 2.05) is 24.3 Å². The summed E-state index contributed by atoms with van der Waals surface area (Å²) in [6.45, 7) is 11.0. The number of sulfonamides is 1. The fourth-order valence-corrected chi connectivity index (χ4v) is 6.97. The molecule has 0 amide bonds. The summed E-state index contributed by atoms with van der Waals surface area (Å²) in [6, 6.07) is 16.7. The molecular formula is C29H36N4O2S. The summed E-state index contributed by atoms with van der Waals surface area (Å²) < 4.78 is 28.9. The molecule has 1 aliphatic heterocycles. The molecule has 5 rings (SSSR count). The molecule has 1 unspecified atom stereocenters. The maximum absolute atomic E-state index is 13.1. The molecular weight excluding hydrogens is 468 g/mol. The average molecular weight is 505 g/mol. The van der Waals surface area contributed by atoms with Crippen LogP contribution in [0.2, 0.25) is 0 Å². The van der Waals surface area contributed by atoms with Crippen LogP contribution in [-0.2, 0) is 10.0 Å². The van der Waals surface area contributed by atoms with Gasteiger partial charge in [0.15, 0.2) is 0 Å². The molecule has 2 aliphatic rings. The molecule has 1 N–H and O–H groups in total. The van der Waals surface area contributed by atoms with Gasteiger partial charge < -0.3 is 4.90 Å². The Balaban J connectivity index is 1.23. The first-order chi connectivity index (χ1) is 17.4. The molecule has 0 spiro atoms. The molecule has 0 bridgehead atoms. The van der Waals surface area contributed by atoms with Crippen LogP contribution in [0.5, 0.6) is 0 Å². The van der Waals surface area contributed by atoms with Gasteiger partial charge in [0.05, 0.1) is 5.52 Å². The Bertz CT molecular complexity index is 1310. The number of hydrogen-bond acceptors (Lipinski definition) is 5. The molecule has 2 aromatic carbocycles. The van der Waals surface area contributed by atoms with Crippen LogP contribution in [0.25, 0.3) is 16.6 Å². The Kier molecular flexibility index (Phi) is 7.30. The van der Waals surface area contributed by atoms with Gasteiger partial charge in [-0.15, -0.1) is 0 Å². The zero-order valence-corrected chi connectivity index (χ0v) is 21.9. The standard InChI is InChI=1S/C29H36N4O2S/c1-22-20-32(21-24-8-4-3-5-9-24)18-19-33(22)23(2)25-13-15-27(16-14-25)31-36(34,35)28-12-6-10-26-11-7-17-30-29(26)28/h6-7,10-17,22,24,31H,2-5,8-9,18-21H2,1H3. The summed E-state index contributed by atoms with van der Waals surface area (Å²) in [5, 5.41) is 0.792. The first kappa shape index (κ1) is 24.8. The van der Waals surface area contributed by atoms with Gasteiger partial charge in [0, 0.05) is 55.2 Å². The summed E-state index contributed by atoms with van der Waals surface area (Å²) in [5.74, 6) is 0.863. The normalized spacial score (nSPS) is 19.9. The topological polar surface area (TPSA) is 65.5 Å². The lowest BCUT2D eigenvalue weighted by molar-refractivity contribution is 0.105. The lowest BCUT2D eigenvalue weighted by atomic mass is 9.88. The Morgan fingerprint density at radius 3 is 2.53 bits per heavy atom. The first-order valence-electron chi connectivity index (χ1n) is 13.1. The monoisotopic (exact) mass is 504 g/mol. The van der Waals surface area contributed by atoms with Crippen LogP contribution in [0.1, 0.15) is 44.6 Å². The van der Waals surface area contributed by atoms with Crippen LogP contribution in [0, 0.1) is 5.92 Å².